The van der Waals surface area contributed by atoms with Gasteiger partial charge in [0.15, 0.2) is 11.5 Å². The molecule has 0 unspecified atom stereocenters. The molecule has 1 N–H and O–H groups in total. The number of Topliss-reactive ketones (excluding diaryl/α,β-unsaturated/α-hetero) is 1. The summed E-state index contributed by atoms with van der Waals surface area (Å²) in [5, 5.41) is 10.4. The summed E-state index contributed by atoms with van der Waals surface area (Å²) in [6.07, 6.45) is 8.89. The molecule has 0 amide bonds. The van der Waals surface area contributed by atoms with Gasteiger partial charge in [0.2, 0.25) is 11.6 Å². The first kappa shape index (κ1) is 17.8. The topological polar surface area (TPSA) is 63.6 Å². The summed E-state index contributed by atoms with van der Waals surface area (Å²) in [7, 11) is 1.40. The zero-order valence-electron chi connectivity index (χ0n) is 16.4. The van der Waals surface area contributed by atoms with Crippen LogP contribution >= 0.6 is 0 Å². The summed E-state index contributed by atoms with van der Waals surface area (Å²) in [4.78, 5) is 24.9. The Labute approximate surface area is 155 Å². The van der Waals surface area contributed by atoms with Crippen molar-refractivity contribution in [2.75, 3.05) is 7.11 Å². The van der Waals surface area contributed by atoms with Crippen molar-refractivity contribution in [3.63, 3.8) is 0 Å². The van der Waals surface area contributed by atoms with Crippen LogP contribution in [0.5, 0.6) is 0 Å². The second kappa shape index (κ2) is 5.46. The van der Waals surface area contributed by atoms with Gasteiger partial charge < -0.3 is 9.84 Å². The van der Waals surface area contributed by atoms with Crippen LogP contribution in [0, 0.1) is 28.1 Å². The van der Waals surface area contributed by atoms with Gasteiger partial charge in [-0.2, -0.15) is 0 Å². The van der Waals surface area contributed by atoms with Crippen LogP contribution in [0.15, 0.2) is 23.2 Å². The lowest BCUT2D eigenvalue weighted by molar-refractivity contribution is -0.120. The van der Waals surface area contributed by atoms with Gasteiger partial charge >= 0.3 is 0 Å². The highest BCUT2D eigenvalue weighted by atomic mass is 16.5. The normalized spacial score (nSPS) is 41.3. The molecule has 0 aliphatic heterocycles. The number of ether oxygens (including phenoxy) is 1. The van der Waals surface area contributed by atoms with E-state index < -0.39 is 5.78 Å². The molecular formula is C22H30O4. The number of aliphatic hydroxyl groups excluding tert-OH is 1. The van der Waals surface area contributed by atoms with E-state index >= 15 is 0 Å². The second-order valence-electron chi connectivity index (χ2n) is 9.77. The Morgan fingerprint density at radius 2 is 1.96 bits per heavy atom. The SMILES string of the molecule is COC1=CC(=O)C(O)=C(C[C@]23C[C@]24CCCC(C)(C)[C@H]4CC[C@H]3C)C1=O. The lowest BCUT2D eigenvalue weighted by Gasteiger charge is -2.52. The van der Waals surface area contributed by atoms with E-state index in [4.69, 9.17) is 4.74 Å². The number of ketones is 2. The smallest absolute Gasteiger partial charge is 0.227 e. The van der Waals surface area contributed by atoms with Crippen molar-refractivity contribution in [3.8, 4) is 0 Å². The molecule has 0 saturated heterocycles. The van der Waals surface area contributed by atoms with E-state index in [1.807, 2.05) is 0 Å². The van der Waals surface area contributed by atoms with Crippen molar-refractivity contribution < 1.29 is 19.4 Å². The predicted octanol–water partition coefficient (Wildman–Crippen LogP) is 4.50. The Balaban J connectivity index is 1.71. The van der Waals surface area contributed by atoms with Gasteiger partial charge in [-0.25, -0.2) is 0 Å². The molecule has 0 aromatic rings. The maximum atomic E-state index is 12.8. The third-order valence-electron chi connectivity index (χ3n) is 8.37. The number of rotatable bonds is 3. The zero-order valence-corrected chi connectivity index (χ0v) is 16.4. The number of hydrogen-bond acceptors (Lipinski definition) is 4. The third-order valence-corrected chi connectivity index (χ3v) is 8.37. The fraction of sp³-hybridized carbons (Fsp3) is 0.727. The van der Waals surface area contributed by atoms with Gasteiger partial charge in [-0.3, -0.25) is 9.59 Å². The summed E-state index contributed by atoms with van der Waals surface area (Å²) in [6.45, 7) is 7.09. The molecule has 4 aliphatic rings. The maximum Gasteiger partial charge on any atom is 0.227 e. The standard InChI is InChI=1S/C22H30O4/c1-13-6-7-17-20(2,3)8-5-9-21(17)12-22(13,21)11-14-18(24)15(23)10-16(26-4)19(14)25/h10,13,17,24H,5-9,11-12H2,1-4H3/t13-,17-,21+,22-/m1/s1. The van der Waals surface area contributed by atoms with E-state index in [-0.39, 0.29) is 33.7 Å². The molecular weight excluding hydrogens is 328 g/mol. The quantitative estimate of drug-likeness (QED) is 0.754. The summed E-state index contributed by atoms with van der Waals surface area (Å²) < 4.78 is 5.10. The number of hydrogen-bond donors (Lipinski definition) is 1. The third kappa shape index (κ3) is 2.13. The van der Waals surface area contributed by atoms with Crippen LogP contribution in [0.2, 0.25) is 0 Å². The lowest BCUT2D eigenvalue weighted by atomic mass is 9.53. The first-order valence-corrected chi connectivity index (χ1v) is 9.95. The molecule has 1 spiro atoms. The van der Waals surface area contributed by atoms with Crippen molar-refractivity contribution in [1.29, 1.82) is 0 Å². The van der Waals surface area contributed by atoms with Crippen molar-refractivity contribution in [1.82, 2.24) is 0 Å². The average molecular weight is 358 g/mol. The Bertz CT molecular complexity index is 743. The molecule has 0 radical (unpaired) electrons. The predicted molar refractivity (Wildman–Crippen MR) is 98.4 cm³/mol. The van der Waals surface area contributed by atoms with E-state index in [1.165, 1.54) is 39.2 Å². The molecule has 4 rings (SSSR count). The molecule has 0 bridgehead atoms. The molecule has 0 aromatic heterocycles. The first-order valence-electron chi connectivity index (χ1n) is 9.95. The number of carbonyl (C=O) groups excluding carboxylic acids is 2. The van der Waals surface area contributed by atoms with E-state index in [2.05, 4.69) is 20.8 Å². The van der Waals surface area contributed by atoms with E-state index in [0.717, 1.165) is 12.5 Å². The summed E-state index contributed by atoms with van der Waals surface area (Å²) in [6, 6.07) is 0. The first-order chi connectivity index (χ1) is 12.2. The second-order valence-corrected chi connectivity index (χ2v) is 9.77. The van der Waals surface area contributed by atoms with Crippen LogP contribution in [0.1, 0.15) is 65.7 Å². The fourth-order valence-electron chi connectivity index (χ4n) is 7.01. The Morgan fingerprint density at radius 3 is 2.65 bits per heavy atom. The molecule has 0 aromatic carbocycles. The van der Waals surface area contributed by atoms with Gasteiger partial charge in [-0.15, -0.1) is 0 Å². The van der Waals surface area contributed by atoms with Crippen LogP contribution < -0.4 is 0 Å². The van der Waals surface area contributed by atoms with Gasteiger partial charge in [0.1, 0.15) is 0 Å². The van der Waals surface area contributed by atoms with Crippen LogP contribution in [-0.4, -0.2) is 23.8 Å². The number of aliphatic hydroxyl groups is 1. The Hall–Kier alpha value is -1.58. The molecule has 142 valence electrons. The minimum absolute atomic E-state index is 0.0447. The van der Waals surface area contributed by atoms with Crippen LogP contribution in [0.4, 0.5) is 0 Å². The maximum absolute atomic E-state index is 12.8. The van der Waals surface area contributed by atoms with Crippen molar-refractivity contribution >= 4 is 11.6 Å². The van der Waals surface area contributed by atoms with Crippen molar-refractivity contribution in [2.24, 2.45) is 28.1 Å². The van der Waals surface area contributed by atoms with Gasteiger partial charge in [-0.1, -0.05) is 27.2 Å². The molecule has 4 nitrogen and oxygen atoms in total. The molecule has 4 heteroatoms. The van der Waals surface area contributed by atoms with Crippen LogP contribution in [-0.2, 0) is 14.3 Å². The van der Waals surface area contributed by atoms with Crippen molar-refractivity contribution in [2.45, 2.75) is 65.7 Å². The highest BCUT2D eigenvalue weighted by molar-refractivity contribution is 6.20. The van der Waals surface area contributed by atoms with Gasteiger partial charge in [0.25, 0.3) is 0 Å². The Kier molecular flexibility index (Phi) is 3.74. The number of carbonyl (C=O) groups is 2. The minimum Gasteiger partial charge on any atom is -0.504 e. The van der Waals surface area contributed by atoms with Gasteiger partial charge in [0, 0.05) is 11.6 Å². The number of allylic oxidation sites excluding steroid dienone is 2. The summed E-state index contributed by atoms with van der Waals surface area (Å²) in [5.41, 5.74) is 0.934. The lowest BCUT2D eigenvalue weighted by Crippen LogP contribution is -2.44. The highest BCUT2D eigenvalue weighted by Crippen LogP contribution is 2.83. The van der Waals surface area contributed by atoms with E-state index in [9.17, 15) is 14.7 Å². The largest absolute Gasteiger partial charge is 0.504 e. The molecule has 3 fully saturated rings. The van der Waals surface area contributed by atoms with E-state index in [1.54, 1.807) is 0 Å². The van der Waals surface area contributed by atoms with Gasteiger partial charge in [0.05, 0.1) is 7.11 Å². The zero-order chi connectivity index (χ0) is 18.9. The summed E-state index contributed by atoms with van der Waals surface area (Å²) in [5.74, 6) is 0.0498. The monoisotopic (exact) mass is 358 g/mol. The Morgan fingerprint density at radius 1 is 1.23 bits per heavy atom. The number of methoxy groups -OCH3 is 1. The van der Waals surface area contributed by atoms with Crippen molar-refractivity contribution in [3.05, 3.63) is 23.2 Å². The van der Waals surface area contributed by atoms with Crippen LogP contribution in [0.3, 0.4) is 0 Å². The van der Waals surface area contributed by atoms with Gasteiger partial charge in [-0.05, 0) is 66.6 Å². The average Bonchev–Trinajstić information content (AvgIpc) is 3.24. The van der Waals surface area contributed by atoms with Crippen LogP contribution in [0.25, 0.3) is 0 Å². The molecule has 0 heterocycles. The molecule has 26 heavy (non-hydrogen) atoms. The molecule has 4 atom stereocenters. The summed E-state index contributed by atoms with van der Waals surface area (Å²) >= 11 is 0. The van der Waals surface area contributed by atoms with E-state index in [0.29, 0.717) is 23.7 Å². The molecule has 3 saturated carbocycles. The minimum atomic E-state index is -0.508. The molecule has 4 aliphatic carbocycles. The fourth-order valence-corrected chi connectivity index (χ4v) is 7.01. The highest BCUT2D eigenvalue weighted by Gasteiger charge is 2.75.